The van der Waals surface area contributed by atoms with E-state index in [1.54, 1.807) is 21.8 Å². The molecule has 15 heteroatoms. The van der Waals surface area contributed by atoms with E-state index in [0.29, 0.717) is 67.1 Å². The SMILES string of the molecule is COCc1ccccc1-n1c(N2CCN(c3ccccc3)C2=O)nc2c(c1=O)CCN(C(=O)c1cc3cc(C4CCOCC4)ccc3n1[C@@]1(c3noc(=O)[nH]3)C[C@@H]1C)C2. The third kappa shape index (κ3) is 6.09. The number of ether oxygens (including phenoxy) is 2. The fraction of sp³-hybridized carbons (Fsp3) is 0.364. The van der Waals surface area contributed by atoms with E-state index in [4.69, 9.17) is 19.0 Å². The minimum absolute atomic E-state index is 0.0415. The van der Waals surface area contributed by atoms with Crippen molar-refractivity contribution in [2.24, 2.45) is 5.92 Å². The molecule has 3 aromatic heterocycles. The quantitative estimate of drug-likeness (QED) is 0.204. The van der Waals surface area contributed by atoms with Gasteiger partial charge >= 0.3 is 11.8 Å². The van der Waals surface area contributed by atoms with E-state index < -0.39 is 11.3 Å². The second-order valence-electron chi connectivity index (χ2n) is 16.0. The van der Waals surface area contributed by atoms with Crippen LogP contribution < -0.4 is 21.1 Å². The lowest BCUT2D eigenvalue weighted by atomic mass is 9.91. The van der Waals surface area contributed by atoms with Crippen LogP contribution in [0.15, 0.2) is 93.0 Å². The maximum atomic E-state index is 15.1. The van der Waals surface area contributed by atoms with Crippen LogP contribution in [0.1, 0.15) is 70.8 Å². The Morgan fingerprint density at radius 2 is 1.71 bits per heavy atom. The van der Waals surface area contributed by atoms with E-state index in [9.17, 15) is 14.4 Å². The lowest BCUT2D eigenvalue weighted by Gasteiger charge is -2.31. The first-order valence-corrected chi connectivity index (χ1v) is 20.2. The molecule has 4 aliphatic rings. The summed E-state index contributed by atoms with van der Waals surface area (Å²) >= 11 is 0. The van der Waals surface area contributed by atoms with Gasteiger partial charge in [-0.25, -0.2) is 19.1 Å². The van der Waals surface area contributed by atoms with Gasteiger partial charge in [-0.3, -0.25) is 28.9 Å². The van der Waals surface area contributed by atoms with Crippen molar-refractivity contribution in [3.8, 4) is 5.69 Å². The third-order valence-corrected chi connectivity index (χ3v) is 12.6. The number of amides is 3. The molecule has 3 aromatic carbocycles. The van der Waals surface area contributed by atoms with Crippen molar-refractivity contribution in [1.29, 1.82) is 0 Å². The third-order valence-electron chi connectivity index (χ3n) is 12.6. The number of fused-ring (bicyclic) bond motifs is 2. The summed E-state index contributed by atoms with van der Waals surface area (Å²) in [7, 11) is 1.60. The normalized spacial score (nSPS) is 20.7. The predicted octanol–water partition coefficient (Wildman–Crippen LogP) is 5.33. The lowest BCUT2D eigenvalue weighted by molar-refractivity contribution is 0.0717. The van der Waals surface area contributed by atoms with Gasteiger partial charge in [0.25, 0.3) is 11.5 Å². The van der Waals surface area contributed by atoms with E-state index >= 15 is 4.79 Å². The number of hydrogen-bond acceptors (Lipinski definition) is 9. The number of nitrogens with one attached hydrogen (secondary N) is 1. The molecule has 10 rings (SSSR count). The van der Waals surface area contributed by atoms with Crippen LogP contribution in [0.2, 0.25) is 0 Å². The number of carbonyl (C=O) groups excluding carboxylic acids is 2. The zero-order valence-corrected chi connectivity index (χ0v) is 32.9. The Kier molecular flexibility index (Phi) is 9.09. The van der Waals surface area contributed by atoms with Crippen molar-refractivity contribution in [3.05, 3.63) is 134 Å². The summed E-state index contributed by atoms with van der Waals surface area (Å²) in [5.41, 5.74) is 4.41. The van der Waals surface area contributed by atoms with E-state index in [1.807, 2.05) is 65.2 Å². The Labute approximate surface area is 338 Å². The van der Waals surface area contributed by atoms with Gasteiger partial charge in [-0.1, -0.05) is 54.5 Å². The Bertz CT molecular complexity index is 2730. The van der Waals surface area contributed by atoms with Crippen LogP contribution in [-0.4, -0.2) is 81.1 Å². The number of para-hydroxylation sites is 2. The average Bonchev–Trinajstić information content (AvgIpc) is 3.59. The number of rotatable bonds is 9. The predicted molar refractivity (Wildman–Crippen MR) is 218 cm³/mol. The molecule has 1 N–H and O–H groups in total. The van der Waals surface area contributed by atoms with E-state index in [2.05, 4.69) is 35.3 Å². The van der Waals surface area contributed by atoms with Crippen molar-refractivity contribution >= 4 is 34.5 Å². The minimum atomic E-state index is -0.803. The van der Waals surface area contributed by atoms with E-state index in [1.165, 1.54) is 10.1 Å². The maximum absolute atomic E-state index is 15.1. The number of aromatic amines is 1. The number of hydrogen-bond donors (Lipinski definition) is 1. The number of anilines is 2. The first kappa shape index (κ1) is 37.0. The minimum Gasteiger partial charge on any atom is -0.381 e. The summed E-state index contributed by atoms with van der Waals surface area (Å²) in [5, 5.41) is 5.05. The van der Waals surface area contributed by atoms with Crippen LogP contribution in [0.25, 0.3) is 16.6 Å². The fourth-order valence-electron chi connectivity index (χ4n) is 9.46. The van der Waals surface area contributed by atoms with Crippen molar-refractivity contribution in [1.82, 2.24) is 29.2 Å². The first-order valence-electron chi connectivity index (χ1n) is 20.2. The van der Waals surface area contributed by atoms with Gasteiger partial charge in [0.05, 0.1) is 24.5 Å². The van der Waals surface area contributed by atoms with Gasteiger partial charge < -0.3 is 18.9 Å². The molecule has 0 bridgehead atoms. The molecule has 6 aromatic rings. The number of carbonyl (C=O) groups is 2. The van der Waals surface area contributed by atoms with Crippen LogP contribution in [0, 0.1) is 5.92 Å². The Morgan fingerprint density at radius 3 is 2.46 bits per heavy atom. The second-order valence-corrected chi connectivity index (χ2v) is 16.0. The molecular weight excluding hydrogens is 753 g/mol. The smallest absolute Gasteiger partial charge is 0.381 e. The van der Waals surface area contributed by atoms with Crippen LogP contribution >= 0.6 is 0 Å². The van der Waals surface area contributed by atoms with Crippen molar-refractivity contribution in [2.45, 2.75) is 57.2 Å². The standard InChI is InChI=1S/C44H44N8O7/c1-27-24-44(27,40-46-42(55)59-47-40)52-36-13-12-29(28-15-20-58-21-16-28)22-31(36)23-37(52)39(54)48-17-14-33-34(25-48)45-41(50-19-18-49(43(50)56)32-9-4-3-5-10-32)51(38(33)53)35-11-7-6-8-30(35)26-57-2/h3-13,22-23,27-28H,14-21,24-26H2,1-2H3,(H,46,47,55)/t27-,44-/m0/s1. The highest BCUT2D eigenvalue weighted by molar-refractivity contribution is 6.05. The van der Waals surface area contributed by atoms with Gasteiger partial charge in [0, 0.05) is 67.7 Å². The van der Waals surface area contributed by atoms with Gasteiger partial charge in [-0.15, -0.1) is 0 Å². The van der Waals surface area contributed by atoms with Crippen LogP contribution in [0.5, 0.6) is 0 Å². The van der Waals surface area contributed by atoms with Gasteiger partial charge in [-0.2, -0.15) is 0 Å². The number of nitrogens with zero attached hydrogens (tertiary/aromatic N) is 7. The molecule has 6 heterocycles. The molecule has 15 nitrogen and oxygen atoms in total. The molecule has 2 atom stereocenters. The van der Waals surface area contributed by atoms with Crippen molar-refractivity contribution in [3.63, 3.8) is 0 Å². The van der Waals surface area contributed by atoms with Crippen molar-refractivity contribution in [2.75, 3.05) is 49.8 Å². The molecule has 3 amide bonds. The van der Waals surface area contributed by atoms with E-state index in [-0.39, 0.29) is 55.5 Å². The highest BCUT2D eigenvalue weighted by Gasteiger charge is 2.59. The van der Waals surface area contributed by atoms with E-state index in [0.717, 1.165) is 35.0 Å². The summed E-state index contributed by atoms with van der Waals surface area (Å²) in [6.07, 6.45) is 2.75. The van der Waals surface area contributed by atoms with Gasteiger partial charge in [0.15, 0.2) is 5.82 Å². The molecular formula is C44H44N8O7. The highest BCUT2D eigenvalue weighted by Crippen LogP contribution is 2.56. The molecule has 3 aliphatic heterocycles. The number of benzene rings is 3. The van der Waals surface area contributed by atoms with Gasteiger partial charge in [0.1, 0.15) is 11.2 Å². The average molecular weight is 797 g/mol. The largest absolute Gasteiger partial charge is 0.438 e. The Hall–Kier alpha value is -6.32. The Balaban J connectivity index is 1.07. The first-order chi connectivity index (χ1) is 28.8. The summed E-state index contributed by atoms with van der Waals surface area (Å²) in [4.78, 5) is 69.2. The molecule has 1 aliphatic carbocycles. The molecule has 2 saturated heterocycles. The number of aromatic nitrogens is 5. The van der Waals surface area contributed by atoms with Crippen molar-refractivity contribution < 1.29 is 23.6 Å². The number of methoxy groups -OCH3 is 1. The molecule has 59 heavy (non-hydrogen) atoms. The van der Waals surface area contributed by atoms with Crippen LogP contribution in [0.3, 0.4) is 0 Å². The number of H-pyrrole nitrogens is 1. The monoisotopic (exact) mass is 796 g/mol. The molecule has 1 saturated carbocycles. The summed E-state index contributed by atoms with van der Waals surface area (Å²) in [5.74, 6) is 0.0556. The van der Waals surface area contributed by atoms with Crippen LogP contribution in [-0.2, 0) is 34.6 Å². The molecule has 0 spiro atoms. The zero-order chi connectivity index (χ0) is 40.4. The molecule has 302 valence electrons. The maximum Gasteiger partial charge on any atom is 0.438 e. The summed E-state index contributed by atoms with van der Waals surface area (Å²) in [6, 6.07) is 24.9. The highest BCUT2D eigenvalue weighted by atomic mass is 16.5. The lowest BCUT2D eigenvalue weighted by Crippen LogP contribution is -2.43. The summed E-state index contributed by atoms with van der Waals surface area (Å²) in [6.45, 7) is 4.76. The molecule has 0 unspecified atom stereocenters. The number of urea groups is 1. The molecule has 3 fully saturated rings. The molecule has 0 radical (unpaired) electrons. The topological polar surface area (TPSA) is 161 Å². The zero-order valence-electron chi connectivity index (χ0n) is 32.9. The second kappa shape index (κ2) is 14.5. The van der Waals surface area contributed by atoms with Gasteiger partial charge in [-0.05, 0) is 79.5 Å². The fourth-order valence-corrected chi connectivity index (χ4v) is 9.46. The van der Waals surface area contributed by atoms with Crippen LogP contribution in [0.4, 0.5) is 16.4 Å². The van der Waals surface area contributed by atoms with Gasteiger partial charge in [0.2, 0.25) is 5.95 Å². The Morgan fingerprint density at radius 1 is 0.949 bits per heavy atom. The summed E-state index contributed by atoms with van der Waals surface area (Å²) < 4.78 is 19.7.